The van der Waals surface area contributed by atoms with Crippen LogP contribution in [0, 0.1) is 0 Å². The molecule has 0 saturated heterocycles. The summed E-state index contributed by atoms with van der Waals surface area (Å²) in [7, 11) is 0. The van der Waals surface area contributed by atoms with E-state index in [2.05, 4.69) is 68.7 Å². The van der Waals surface area contributed by atoms with Crippen LogP contribution in [0.4, 0.5) is 5.69 Å². The maximum absolute atomic E-state index is 2.55. The van der Waals surface area contributed by atoms with Crippen LogP contribution in [-0.2, 0) is 5.41 Å². The van der Waals surface area contributed by atoms with E-state index in [1.807, 2.05) is 0 Å². The van der Waals surface area contributed by atoms with Gasteiger partial charge >= 0.3 is 0 Å². The molecule has 1 aliphatic rings. The molecule has 0 aromatic heterocycles. The fourth-order valence-electron chi connectivity index (χ4n) is 3.65. The molecule has 21 heavy (non-hydrogen) atoms. The lowest BCUT2D eigenvalue weighted by Crippen LogP contribution is -2.26. The first-order valence-corrected chi connectivity index (χ1v) is 8.21. The summed E-state index contributed by atoms with van der Waals surface area (Å²) in [4.78, 5) is 0. The Morgan fingerprint density at radius 1 is 1.00 bits per heavy atom. The van der Waals surface area contributed by atoms with Gasteiger partial charge in [-0.15, -0.1) is 0 Å². The summed E-state index contributed by atoms with van der Waals surface area (Å²) in [5.41, 5.74) is 4.55. The van der Waals surface area contributed by atoms with Crippen molar-refractivity contribution in [3.8, 4) is 0 Å². The van der Waals surface area contributed by atoms with E-state index < -0.39 is 0 Å². The molecule has 0 N–H and O–H groups in total. The highest BCUT2D eigenvalue weighted by molar-refractivity contribution is 6.01. The Labute approximate surface area is 128 Å². The maximum atomic E-state index is 2.55. The minimum Gasteiger partial charge on any atom is -0.199 e. The molecule has 2 aromatic rings. The van der Waals surface area contributed by atoms with Crippen molar-refractivity contribution in [1.29, 1.82) is 0 Å². The topological polar surface area (TPSA) is 3.01 Å². The number of hydrogen-bond acceptors (Lipinski definition) is 0. The molecule has 0 fully saturated rings. The highest BCUT2D eigenvalue weighted by Crippen LogP contribution is 2.43. The standard InChI is InChI=1S/C20H26N/c1-5-6-9-14-21-15(2)20(3,4)19-17-11-8-7-10-16(17)12-13-18(19)21/h7-8,10-13H,5-6,9,14H2,1-4H3/q+1. The van der Waals surface area contributed by atoms with Crippen LogP contribution in [0.3, 0.4) is 0 Å². The highest BCUT2D eigenvalue weighted by Gasteiger charge is 2.43. The van der Waals surface area contributed by atoms with E-state index >= 15 is 0 Å². The van der Waals surface area contributed by atoms with Gasteiger partial charge in [-0.3, -0.25) is 0 Å². The molecule has 0 bridgehead atoms. The molecule has 1 aliphatic heterocycles. The molecule has 0 amide bonds. The summed E-state index contributed by atoms with van der Waals surface area (Å²) in [5.74, 6) is 0. The van der Waals surface area contributed by atoms with E-state index in [1.54, 1.807) is 0 Å². The van der Waals surface area contributed by atoms with E-state index in [0.717, 1.165) is 6.54 Å². The van der Waals surface area contributed by atoms with Gasteiger partial charge in [-0.1, -0.05) is 37.6 Å². The number of nitrogens with zero attached hydrogens (tertiary/aromatic N) is 1. The molecule has 0 unspecified atom stereocenters. The first-order valence-electron chi connectivity index (χ1n) is 8.21. The van der Waals surface area contributed by atoms with Gasteiger partial charge in [-0.05, 0) is 37.1 Å². The molecule has 1 heteroatoms. The molecule has 0 aliphatic carbocycles. The normalized spacial score (nSPS) is 16.6. The Morgan fingerprint density at radius 3 is 2.52 bits per heavy atom. The van der Waals surface area contributed by atoms with E-state index in [1.165, 1.54) is 47.0 Å². The number of benzene rings is 2. The monoisotopic (exact) mass is 280 g/mol. The summed E-state index contributed by atoms with van der Waals surface area (Å²) < 4.78 is 2.55. The predicted octanol–water partition coefficient (Wildman–Crippen LogP) is 5.43. The number of hydrogen-bond donors (Lipinski definition) is 0. The molecule has 2 aromatic carbocycles. The third-order valence-corrected chi connectivity index (χ3v) is 5.12. The predicted molar refractivity (Wildman–Crippen MR) is 92.0 cm³/mol. The summed E-state index contributed by atoms with van der Waals surface area (Å²) in [5, 5.41) is 2.77. The van der Waals surface area contributed by atoms with Crippen LogP contribution < -0.4 is 0 Å². The van der Waals surface area contributed by atoms with Crippen molar-refractivity contribution in [3.63, 3.8) is 0 Å². The van der Waals surface area contributed by atoms with Gasteiger partial charge in [0.15, 0.2) is 5.71 Å². The summed E-state index contributed by atoms with van der Waals surface area (Å²) in [6.07, 6.45) is 3.87. The van der Waals surface area contributed by atoms with Gasteiger partial charge in [0, 0.05) is 25.0 Å². The van der Waals surface area contributed by atoms with Crippen LogP contribution in [0.15, 0.2) is 36.4 Å². The molecule has 110 valence electrons. The fraction of sp³-hybridized carbons (Fsp3) is 0.450. The van der Waals surface area contributed by atoms with Gasteiger partial charge in [-0.2, -0.15) is 4.58 Å². The zero-order valence-corrected chi connectivity index (χ0v) is 13.7. The largest absolute Gasteiger partial charge is 0.210 e. The minimum absolute atomic E-state index is 0.127. The Bertz CT molecular complexity index is 707. The number of rotatable bonds is 4. The zero-order valence-electron chi connectivity index (χ0n) is 13.7. The van der Waals surface area contributed by atoms with Crippen molar-refractivity contribution < 1.29 is 4.58 Å². The molecule has 0 atom stereocenters. The van der Waals surface area contributed by atoms with Crippen LogP contribution in [0.5, 0.6) is 0 Å². The zero-order chi connectivity index (χ0) is 15.0. The van der Waals surface area contributed by atoms with Crippen molar-refractivity contribution in [2.24, 2.45) is 0 Å². The lowest BCUT2D eigenvalue weighted by atomic mass is 9.80. The number of fused-ring (bicyclic) bond motifs is 3. The van der Waals surface area contributed by atoms with E-state index in [0.29, 0.717) is 0 Å². The smallest absolute Gasteiger partial charge is 0.199 e. The van der Waals surface area contributed by atoms with Crippen molar-refractivity contribution in [2.75, 3.05) is 6.54 Å². The third-order valence-electron chi connectivity index (χ3n) is 5.12. The van der Waals surface area contributed by atoms with Crippen molar-refractivity contribution in [2.45, 2.75) is 52.4 Å². The second kappa shape index (κ2) is 5.29. The average molecular weight is 280 g/mol. The Morgan fingerprint density at radius 2 is 1.76 bits per heavy atom. The van der Waals surface area contributed by atoms with Crippen LogP contribution in [0.2, 0.25) is 0 Å². The highest BCUT2D eigenvalue weighted by atomic mass is 15.1. The molecule has 0 spiro atoms. The van der Waals surface area contributed by atoms with Crippen LogP contribution in [0.25, 0.3) is 10.8 Å². The van der Waals surface area contributed by atoms with E-state index in [-0.39, 0.29) is 5.41 Å². The second-order valence-electron chi connectivity index (χ2n) is 6.75. The van der Waals surface area contributed by atoms with Crippen molar-refractivity contribution >= 4 is 22.2 Å². The van der Waals surface area contributed by atoms with Gasteiger partial charge in [0.25, 0.3) is 0 Å². The first kappa shape index (κ1) is 14.3. The summed E-state index contributed by atoms with van der Waals surface area (Å²) in [6.45, 7) is 10.5. The minimum atomic E-state index is 0.127. The molecule has 1 heterocycles. The van der Waals surface area contributed by atoms with Crippen LogP contribution in [-0.4, -0.2) is 16.8 Å². The van der Waals surface area contributed by atoms with E-state index in [9.17, 15) is 0 Å². The summed E-state index contributed by atoms with van der Waals surface area (Å²) in [6, 6.07) is 13.4. The molecule has 0 radical (unpaired) electrons. The molecular weight excluding hydrogens is 254 g/mol. The quantitative estimate of drug-likeness (QED) is 0.519. The first-order chi connectivity index (χ1) is 10.1. The SMILES string of the molecule is CCCCC[N+]1=C(C)C(C)(C)c2c1ccc1ccccc21. The number of unbranched alkanes of at least 4 members (excludes halogenated alkanes) is 2. The van der Waals surface area contributed by atoms with Crippen LogP contribution in [0.1, 0.15) is 52.5 Å². The van der Waals surface area contributed by atoms with E-state index in [4.69, 9.17) is 0 Å². The molecule has 0 saturated carbocycles. The van der Waals surface area contributed by atoms with Gasteiger partial charge in [-0.25, -0.2) is 0 Å². The van der Waals surface area contributed by atoms with Crippen molar-refractivity contribution in [1.82, 2.24) is 0 Å². The molecule has 1 nitrogen and oxygen atoms in total. The second-order valence-corrected chi connectivity index (χ2v) is 6.75. The van der Waals surface area contributed by atoms with Gasteiger partial charge < -0.3 is 0 Å². The summed E-state index contributed by atoms with van der Waals surface area (Å²) >= 11 is 0. The van der Waals surface area contributed by atoms with Gasteiger partial charge in [0.05, 0.1) is 5.41 Å². The Balaban J connectivity index is 2.15. The van der Waals surface area contributed by atoms with Crippen molar-refractivity contribution in [3.05, 3.63) is 42.0 Å². The average Bonchev–Trinajstić information content (AvgIpc) is 2.68. The Kier molecular flexibility index (Phi) is 3.61. The third kappa shape index (κ3) is 2.19. The van der Waals surface area contributed by atoms with Gasteiger partial charge in [0.1, 0.15) is 6.54 Å². The molecule has 3 rings (SSSR count). The van der Waals surface area contributed by atoms with Crippen LogP contribution >= 0.6 is 0 Å². The Hall–Kier alpha value is -1.63. The lowest BCUT2D eigenvalue weighted by Gasteiger charge is -2.17. The molecular formula is C20H26N+. The maximum Gasteiger partial charge on any atom is 0.210 e. The van der Waals surface area contributed by atoms with Gasteiger partial charge in [0.2, 0.25) is 5.69 Å². The fourth-order valence-corrected chi connectivity index (χ4v) is 3.65. The lowest BCUT2D eigenvalue weighted by molar-refractivity contribution is -0.439.